The van der Waals surface area contributed by atoms with E-state index in [0.717, 1.165) is 0 Å². The first kappa shape index (κ1) is 10.3. The number of carbonyl (C=O) groups excluding carboxylic acids is 1. The Hall–Kier alpha value is -1.75. The molecule has 76 valence electrons. The Kier molecular flexibility index (Phi) is 3.30. The molecule has 0 aliphatic carbocycles. The molecule has 1 rings (SSSR count). The van der Waals surface area contributed by atoms with Crippen molar-refractivity contribution in [3.63, 3.8) is 0 Å². The van der Waals surface area contributed by atoms with Crippen LogP contribution in [0.2, 0.25) is 0 Å². The first-order valence-electron chi connectivity index (χ1n) is 4.11. The second kappa shape index (κ2) is 4.48. The molecule has 5 nitrogen and oxygen atoms in total. The minimum Gasteiger partial charge on any atom is -0.508 e. The number of benzene rings is 1. The molecule has 0 unspecified atom stereocenters. The Bertz CT molecular complexity index is 339. The zero-order valence-electron chi connectivity index (χ0n) is 7.53. The second-order valence-electron chi connectivity index (χ2n) is 2.79. The molecule has 1 aromatic rings. The van der Waals surface area contributed by atoms with Crippen LogP contribution in [0.25, 0.3) is 0 Å². The molecule has 0 aromatic heterocycles. The summed E-state index contributed by atoms with van der Waals surface area (Å²) in [5.74, 6) is -0.365. The summed E-state index contributed by atoms with van der Waals surface area (Å²) in [6.45, 7) is 0.112. The smallest absolute Gasteiger partial charge is 0.234 e. The molecule has 5 heteroatoms. The van der Waals surface area contributed by atoms with Crippen LogP contribution in [0, 0.1) is 0 Å². The average molecular weight is 196 g/mol. The van der Waals surface area contributed by atoms with Gasteiger partial charge in [0.25, 0.3) is 0 Å². The van der Waals surface area contributed by atoms with Crippen molar-refractivity contribution in [1.29, 1.82) is 0 Å². The van der Waals surface area contributed by atoms with Crippen molar-refractivity contribution in [2.75, 3.05) is 6.54 Å². The van der Waals surface area contributed by atoms with Crippen LogP contribution < -0.4 is 11.1 Å². The van der Waals surface area contributed by atoms with Crippen molar-refractivity contribution in [3.05, 3.63) is 23.8 Å². The molecule has 0 bridgehead atoms. The van der Waals surface area contributed by atoms with Crippen LogP contribution >= 0.6 is 0 Å². The maximum atomic E-state index is 10.8. The van der Waals surface area contributed by atoms with Gasteiger partial charge in [-0.2, -0.15) is 0 Å². The molecule has 0 atom stereocenters. The first-order chi connectivity index (χ1) is 6.63. The topological polar surface area (TPSA) is 95.6 Å². The predicted molar refractivity (Wildman–Crippen MR) is 50.7 cm³/mol. The number of phenols is 2. The molecule has 5 N–H and O–H groups in total. The van der Waals surface area contributed by atoms with Crippen LogP contribution in [-0.4, -0.2) is 22.7 Å². The summed E-state index contributed by atoms with van der Waals surface area (Å²) in [4.78, 5) is 10.8. The number of nitrogens with one attached hydrogen (secondary N) is 1. The molecule has 0 saturated heterocycles. The van der Waals surface area contributed by atoms with E-state index >= 15 is 0 Å². The standard InChI is InChI=1S/C9H12N2O3/c10-4-9(14)11-5-6-1-2-7(12)3-8(6)13/h1-3,12-13H,4-5,10H2,(H,11,14). The molecule has 0 aliphatic heterocycles. The maximum absolute atomic E-state index is 10.8. The Morgan fingerprint density at radius 1 is 1.43 bits per heavy atom. The van der Waals surface area contributed by atoms with Gasteiger partial charge in [-0.05, 0) is 12.1 Å². The SMILES string of the molecule is NCC(=O)NCc1ccc(O)cc1O. The Labute approximate surface area is 81.2 Å². The van der Waals surface area contributed by atoms with Gasteiger partial charge >= 0.3 is 0 Å². The first-order valence-corrected chi connectivity index (χ1v) is 4.11. The number of hydrogen-bond acceptors (Lipinski definition) is 4. The Balaban J connectivity index is 2.63. The monoisotopic (exact) mass is 196 g/mol. The lowest BCUT2D eigenvalue weighted by atomic mass is 10.2. The number of aromatic hydroxyl groups is 2. The van der Waals surface area contributed by atoms with Gasteiger partial charge in [-0.1, -0.05) is 0 Å². The lowest BCUT2D eigenvalue weighted by Crippen LogP contribution is -2.29. The van der Waals surface area contributed by atoms with E-state index in [1.165, 1.54) is 18.2 Å². The number of hydrogen-bond donors (Lipinski definition) is 4. The fourth-order valence-corrected chi connectivity index (χ4v) is 0.968. The molecule has 0 heterocycles. The summed E-state index contributed by atoms with van der Waals surface area (Å²) in [7, 11) is 0. The van der Waals surface area contributed by atoms with E-state index in [1.54, 1.807) is 0 Å². The van der Waals surface area contributed by atoms with Gasteiger partial charge in [-0.3, -0.25) is 4.79 Å². The van der Waals surface area contributed by atoms with E-state index in [0.29, 0.717) is 5.56 Å². The van der Waals surface area contributed by atoms with E-state index in [9.17, 15) is 9.90 Å². The highest BCUT2D eigenvalue weighted by Crippen LogP contribution is 2.21. The van der Waals surface area contributed by atoms with Gasteiger partial charge in [0, 0.05) is 18.2 Å². The van der Waals surface area contributed by atoms with Crippen molar-refractivity contribution >= 4 is 5.91 Å². The van der Waals surface area contributed by atoms with Crippen LogP contribution in [-0.2, 0) is 11.3 Å². The summed E-state index contributed by atoms with van der Waals surface area (Å²) in [5, 5.41) is 20.8. The van der Waals surface area contributed by atoms with Crippen LogP contribution in [0.5, 0.6) is 11.5 Å². The summed E-state index contributed by atoms with van der Waals surface area (Å²) < 4.78 is 0. The van der Waals surface area contributed by atoms with Gasteiger partial charge < -0.3 is 21.3 Å². The van der Waals surface area contributed by atoms with E-state index in [-0.39, 0.29) is 30.5 Å². The van der Waals surface area contributed by atoms with Gasteiger partial charge in [0.2, 0.25) is 5.91 Å². The third-order valence-corrected chi connectivity index (χ3v) is 1.73. The van der Waals surface area contributed by atoms with Crippen LogP contribution in [0.15, 0.2) is 18.2 Å². The minimum absolute atomic E-state index is 0.0172. The Morgan fingerprint density at radius 3 is 2.71 bits per heavy atom. The van der Waals surface area contributed by atoms with Gasteiger partial charge in [0.05, 0.1) is 6.54 Å². The van der Waals surface area contributed by atoms with Crippen molar-refractivity contribution in [2.24, 2.45) is 5.73 Å². The molecule has 1 aromatic carbocycles. The van der Waals surface area contributed by atoms with Crippen molar-refractivity contribution < 1.29 is 15.0 Å². The number of nitrogens with two attached hydrogens (primary N) is 1. The highest BCUT2D eigenvalue weighted by Gasteiger charge is 2.03. The molecular formula is C9H12N2O3. The molecular weight excluding hydrogens is 184 g/mol. The van der Waals surface area contributed by atoms with Gasteiger partial charge in [0.15, 0.2) is 0 Å². The third kappa shape index (κ3) is 2.63. The normalized spacial score (nSPS) is 9.79. The van der Waals surface area contributed by atoms with Crippen LogP contribution in [0.3, 0.4) is 0 Å². The molecule has 0 radical (unpaired) electrons. The van der Waals surface area contributed by atoms with Crippen molar-refractivity contribution in [1.82, 2.24) is 5.32 Å². The minimum atomic E-state index is -0.294. The highest BCUT2D eigenvalue weighted by molar-refractivity contribution is 5.77. The largest absolute Gasteiger partial charge is 0.508 e. The molecule has 14 heavy (non-hydrogen) atoms. The molecule has 0 spiro atoms. The van der Waals surface area contributed by atoms with Gasteiger partial charge in [-0.25, -0.2) is 0 Å². The lowest BCUT2D eigenvalue weighted by molar-refractivity contribution is -0.119. The summed E-state index contributed by atoms with van der Waals surface area (Å²) in [6.07, 6.45) is 0. The van der Waals surface area contributed by atoms with Crippen LogP contribution in [0.4, 0.5) is 0 Å². The summed E-state index contributed by atoms with van der Waals surface area (Å²) in [5.41, 5.74) is 5.62. The van der Waals surface area contributed by atoms with Crippen molar-refractivity contribution in [2.45, 2.75) is 6.54 Å². The van der Waals surface area contributed by atoms with E-state index in [2.05, 4.69) is 5.32 Å². The molecule has 0 fully saturated rings. The zero-order valence-corrected chi connectivity index (χ0v) is 7.53. The maximum Gasteiger partial charge on any atom is 0.234 e. The molecule has 0 aliphatic rings. The van der Waals surface area contributed by atoms with Gasteiger partial charge in [-0.15, -0.1) is 0 Å². The summed E-state index contributed by atoms with van der Waals surface area (Å²) >= 11 is 0. The lowest BCUT2D eigenvalue weighted by Gasteiger charge is -2.05. The van der Waals surface area contributed by atoms with Crippen molar-refractivity contribution in [3.8, 4) is 11.5 Å². The van der Waals surface area contributed by atoms with E-state index in [4.69, 9.17) is 10.8 Å². The second-order valence-corrected chi connectivity index (χ2v) is 2.79. The quantitative estimate of drug-likeness (QED) is 0.532. The fourth-order valence-electron chi connectivity index (χ4n) is 0.968. The van der Waals surface area contributed by atoms with Gasteiger partial charge in [0.1, 0.15) is 11.5 Å². The number of amides is 1. The van der Waals surface area contributed by atoms with E-state index in [1.807, 2.05) is 0 Å². The molecule has 0 saturated carbocycles. The number of rotatable bonds is 3. The molecule has 1 amide bonds. The zero-order chi connectivity index (χ0) is 10.6. The fraction of sp³-hybridized carbons (Fsp3) is 0.222. The van der Waals surface area contributed by atoms with E-state index < -0.39 is 0 Å². The number of phenolic OH excluding ortho intramolecular Hbond substituents is 2. The summed E-state index contributed by atoms with van der Waals surface area (Å²) in [6, 6.07) is 4.18. The van der Waals surface area contributed by atoms with Crippen LogP contribution in [0.1, 0.15) is 5.56 Å². The predicted octanol–water partition coefficient (Wildman–Crippen LogP) is -0.327. The number of carbonyl (C=O) groups is 1. The average Bonchev–Trinajstić information content (AvgIpc) is 2.16. The highest BCUT2D eigenvalue weighted by atomic mass is 16.3. The Morgan fingerprint density at radius 2 is 2.14 bits per heavy atom. The third-order valence-electron chi connectivity index (χ3n) is 1.73.